The van der Waals surface area contributed by atoms with Crippen LogP contribution < -0.4 is 16.4 Å². The van der Waals surface area contributed by atoms with Crippen molar-refractivity contribution in [3.8, 4) is 0 Å². The number of nitrogens with one attached hydrogen (secondary N) is 2. The van der Waals surface area contributed by atoms with Crippen molar-refractivity contribution in [2.45, 2.75) is 45.4 Å². The Morgan fingerprint density at radius 3 is 2.41 bits per heavy atom. The molecule has 4 N–H and O–H groups in total. The quantitative estimate of drug-likeness (QED) is 0.531. The van der Waals surface area contributed by atoms with Gasteiger partial charge in [0.05, 0.1) is 0 Å². The second-order valence-corrected chi connectivity index (χ2v) is 7.30. The molecule has 0 aromatic heterocycles. The van der Waals surface area contributed by atoms with Gasteiger partial charge in [-0.15, -0.1) is 0 Å². The van der Waals surface area contributed by atoms with Crippen molar-refractivity contribution in [1.29, 1.82) is 0 Å². The summed E-state index contributed by atoms with van der Waals surface area (Å²) in [5, 5.41) is 5.26. The lowest BCUT2D eigenvalue weighted by molar-refractivity contribution is -0.129. The van der Waals surface area contributed by atoms with Crippen LogP contribution in [0, 0.1) is 5.92 Å². The maximum Gasteiger partial charge on any atom is 0.408 e. The summed E-state index contributed by atoms with van der Waals surface area (Å²) in [4.78, 5) is 36.3. The maximum absolute atomic E-state index is 12.6. The zero-order chi connectivity index (χ0) is 20.2. The van der Waals surface area contributed by atoms with E-state index in [1.807, 2.05) is 50.4 Å². The normalized spacial score (nSPS) is 13.9. The highest BCUT2D eigenvalue weighted by atomic mass is 32.2. The van der Waals surface area contributed by atoms with E-state index in [0.717, 1.165) is 5.56 Å². The van der Waals surface area contributed by atoms with Crippen LogP contribution in [0.25, 0.3) is 0 Å². The van der Waals surface area contributed by atoms with E-state index < -0.39 is 30.0 Å². The Hall–Kier alpha value is -2.22. The van der Waals surface area contributed by atoms with Crippen molar-refractivity contribution < 1.29 is 19.1 Å². The second kappa shape index (κ2) is 12.2. The van der Waals surface area contributed by atoms with Crippen molar-refractivity contribution in [3.05, 3.63) is 35.9 Å². The van der Waals surface area contributed by atoms with Gasteiger partial charge in [-0.3, -0.25) is 9.59 Å². The zero-order valence-corrected chi connectivity index (χ0v) is 16.9. The molecule has 2 unspecified atom stereocenters. The number of thioether (sulfide) groups is 1. The largest absolute Gasteiger partial charge is 0.445 e. The van der Waals surface area contributed by atoms with Gasteiger partial charge in [-0.25, -0.2) is 4.79 Å². The van der Waals surface area contributed by atoms with Gasteiger partial charge in [0.25, 0.3) is 0 Å². The van der Waals surface area contributed by atoms with Gasteiger partial charge in [0.15, 0.2) is 0 Å². The maximum atomic E-state index is 12.6. The molecule has 0 saturated carbocycles. The van der Waals surface area contributed by atoms with Gasteiger partial charge in [-0.1, -0.05) is 50.6 Å². The SMILES string of the molecule is CCC(C)C(NC(=O)OCc1ccccc1)C(=O)N[C@@H](CCSC)C(N)=O. The summed E-state index contributed by atoms with van der Waals surface area (Å²) in [5.74, 6) is -0.477. The molecule has 27 heavy (non-hydrogen) atoms. The number of nitrogens with two attached hydrogens (primary N) is 1. The third kappa shape index (κ3) is 8.34. The van der Waals surface area contributed by atoms with Gasteiger partial charge < -0.3 is 21.1 Å². The summed E-state index contributed by atoms with van der Waals surface area (Å²) >= 11 is 1.56. The summed E-state index contributed by atoms with van der Waals surface area (Å²) in [5.41, 5.74) is 6.22. The number of amides is 3. The highest BCUT2D eigenvalue weighted by Crippen LogP contribution is 2.10. The van der Waals surface area contributed by atoms with Crippen LogP contribution in [-0.4, -0.2) is 42.0 Å². The standard InChI is InChI=1S/C19H29N3O4S/c1-4-13(2)16(18(24)21-15(17(20)23)10-11-27-3)22-19(25)26-12-14-8-6-5-7-9-14/h5-9,13,15-16H,4,10-12H2,1-3H3,(H2,20,23)(H,21,24)(H,22,25)/t13?,15-,16?/m0/s1. The number of carbonyl (C=O) groups is 3. The van der Waals surface area contributed by atoms with Crippen LogP contribution in [0.5, 0.6) is 0 Å². The Kier molecular flexibility index (Phi) is 10.3. The first-order valence-corrected chi connectivity index (χ1v) is 10.3. The first kappa shape index (κ1) is 22.8. The molecule has 1 rings (SSSR count). The Morgan fingerprint density at radius 2 is 1.85 bits per heavy atom. The molecular formula is C19H29N3O4S. The molecule has 0 aliphatic rings. The van der Waals surface area contributed by atoms with Crippen LogP contribution in [0.15, 0.2) is 30.3 Å². The predicted octanol–water partition coefficient (Wildman–Crippen LogP) is 2.05. The van der Waals surface area contributed by atoms with Crippen molar-refractivity contribution in [2.24, 2.45) is 11.7 Å². The van der Waals surface area contributed by atoms with Crippen LogP contribution in [0.1, 0.15) is 32.3 Å². The molecule has 1 aromatic carbocycles. The van der Waals surface area contributed by atoms with E-state index in [2.05, 4.69) is 10.6 Å². The van der Waals surface area contributed by atoms with E-state index in [9.17, 15) is 14.4 Å². The number of ether oxygens (including phenoxy) is 1. The molecule has 0 aliphatic carbocycles. The second-order valence-electron chi connectivity index (χ2n) is 6.31. The molecule has 7 nitrogen and oxygen atoms in total. The lowest BCUT2D eigenvalue weighted by Gasteiger charge is -2.25. The monoisotopic (exact) mass is 395 g/mol. The van der Waals surface area contributed by atoms with Crippen LogP contribution in [-0.2, 0) is 20.9 Å². The summed E-state index contributed by atoms with van der Waals surface area (Å²) in [6.07, 6.45) is 2.34. The lowest BCUT2D eigenvalue weighted by Crippen LogP contribution is -2.55. The van der Waals surface area contributed by atoms with E-state index in [1.54, 1.807) is 11.8 Å². The molecule has 0 spiro atoms. The smallest absolute Gasteiger partial charge is 0.408 e. The molecule has 1 aromatic rings. The van der Waals surface area contributed by atoms with Gasteiger partial charge >= 0.3 is 6.09 Å². The fourth-order valence-electron chi connectivity index (χ4n) is 2.38. The first-order chi connectivity index (χ1) is 12.9. The van der Waals surface area contributed by atoms with Gasteiger partial charge in [-0.2, -0.15) is 11.8 Å². The molecule has 0 aliphatic heterocycles. The van der Waals surface area contributed by atoms with Gasteiger partial charge in [0.2, 0.25) is 11.8 Å². The fourth-order valence-corrected chi connectivity index (χ4v) is 2.85. The van der Waals surface area contributed by atoms with E-state index in [-0.39, 0.29) is 12.5 Å². The van der Waals surface area contributed by atoms with Gasteiger partial charge in [0.1, 0.15) is 18.7 Å². The molecule has 0 radical (unpaired) electrons. The lowest BCUT2D eigenvalue weighted by atomic mass is 9.98. The third-order valence-electron chi connectivity index (χ3n) is 4.25. The molecule has 150 valence electrons. The number of hydrogen-bond acceptors (Lipinski definition) is 5. The minimum Gasteiger partial charge on any atom is -0.445 e. The van der Waals surface area contributed by atoms with Crippen LogP contribution >= 0.6 is 11.8 Å². The predicted molar refractivity (Wildman–Crippen MR) is 107 cm³/mol. The van der Waals surface area contributed by atoms with E-state index in [0.29, 0.717) is 18.6 Å². The molecule has 0 saturated heterocycles. The molecule has 0 fully saturated rings. The molecule has 8 heteroatoms. The number of rotatable bonds is 11. The molecule has 0 heterocycles. The summed E-state index contributed by atoms with van der Waals surface area (Å²) in [7, 11) is 0. The molecule has 3 atom stereocenters. The van der Waals surface area contributed by atoms with E-state index >= 15 is 0 Å². The Bertz CT molecular complexity index is 612. The van der Waals surface area contributed by atoms with Gasteiger partial charge in [0, 0.05) is 0 Å². The summed E-state index contributed by atoms with van der Waals surface area (Å²) < 4.78 is 5.20. The van der Waals surface area contributed by atoms with E-state index in [1.165, 1.54) is 0 Å². The van der Waals surface area contributed by atoms with Crippen molar-refractivity contribution in [2.75, 3.05) is 12.0 Å². The number of hydrogen-bond donors (Lipinski definition) is 3. The number of carbonyl (C=O) groups excluding carboxylic acids is 3. The van der Waals surface area contributed by atoms with E-state index in [4.69, 9.17) is 10.5 Å². The molecule has 0 bridgehead atoms. The van der Waals surface area contributed by atoms with Crippen molar-refractivity contribution >= 4 is 29.7 Å². The minimum atomic E-state index is -0.811. The number of benzene rings is 1. The average Bonchev–Trinajstić information content (AvgIpc) is 2.67. The number of primary amides is 1. The number of alkyl carbamates (subject to hydrolysis) is 1. The molecular weight excluding hydrogens is 366 g/mol. The third-order valence-corrected chi connectivity index (χ3v) is 4.90. The average molecular weight is 396 g/mol. The summed E-state index contributed by atoms with van der Waals surface area (Å²) in [6.45, 7) is 3.88. The minimum absolute atomic E-state index is 0.110. The van der Waals surface area contributed by atoms with Gasteiger partial charge in [-0.05, 0) is 29.9 Å². The molecule has 3 amide bonds. The summed E-state index contributed by atoms with van der Waals surface area (Å²) in [6, 6.07) is 7.69. The topological polar surface area (TPSA) is 111 Å². The first-order valence-electron chi connectivity index (χ1n) is 8.94. The van der Waals surface area contributed by atoms with Crippen molar-refractivity contribution in [3.63, 3.8) is 0 Å². The Morgan fingerprint density at radius 1 is 1.19 bits per heavy atom. The van der Waals surface area contributed by atoms with Crippen molar-refractivity contribution in [1.82, 2.24) is 10.6 Å². The highest BCUT2D eigenvalue weighted by molar-refractivity contribution is 7.98. The van der Waals surface area contributed by atoms with Crippen LogP contribution in [0.3, 0.4) is 0 Å². The Labute approximate surface area is 164 Å². The van der Waals surface area contributed by atoms with Crippen LogP contribution in [0.4, 0.5) is 4.79 Å². The Balaban J connectivity index is 2.68. The van der Waals surface area contributed by atoms with Crippen LogP contribution in [0.2, 0.25) is 0 Å². The zero-order valence-electron chi connectivity index (χ0n) is 16.1. The fraction of sp³-hybridized carbons (Fsp3) is 0.526. The highest BCUT2D eigenvalue weighted by Gasteiger charge is 2.29.